The SMILES string of the molecule is CCCCCC(=O)Nc1ccc(C)cc1NC(=O)CCCCC. The van der Waals surface area contributed by atoms with Crippen LogP contribution >= 0.6 is 0 Å². The summed E-state index contributed by atoms with van der Waals surface area (Å²) in [4.78, 5) is 24.0. The number of hydrogen-bond acceptors (Lipinski definition) is 2. The number of carbonyl (C=O) groups is 2. The molecule has 0 aliphatic carbocycles. The van der Waals surface area contributed by atoms with Gasteiger partial charge in [0, 0.05) is 12.8 Å². The topological polar surface area (TPSA) is 58.2 Å². The van der Waals surface area contributed by atoms with Crippen molar-refractivity contribution in [1.82, 2.24) is 0 Å². The highest BCUT2D eigenvalue weighted by atomic mass is 16.2. The third-order valence-electron chi connectivity index (χ3n) is 3.74. The van der Waals surface area contributed by atoms with Gasteiger partial charge in [0.25, 0.3) is 0 Å². The zero-order chi connectivity index (χ0) is 17.1. The van der Waals surface area contributed by atoms with Crippen LogP contribution in [-0.2, 0) is 9.59 Å². The van der Waals surface area contributed by atoms with E-state index >= 15 is 0 Å². The number of amides is 2. The Morgan fingerprint density at radius 2 is 1.35 bits per heavy atom. The first-order valence-electron chi connectivity index (χ1n) is 8.77. The lowest BCUT2D eigenvalue weighted by atomic mass is 10.1. The van der Waals surface area contributed by atoms with E-state index in [0.717, 1.165) is 44.1 Å². The van der Waals surface area contributed by atoms with E-state index in [1.807, 2.05) is 25.1 Å². The molecule has 0 heterocycles. The van der Waals surface area contributed by atoms with Crippen LogP contribution < -0.4 is 10.6 Å². The summed E-state index contributed by atoms with van der Waals surface area (Å²) in [5.41, 5.74) is 2.43. The van der Waals surface area contributed by atoms with Gasteiger partial charge in [0.1, 0.15) is 0 Å². The summed E-state index contributed by atoms with van der Waals surface area (Å²) in [6.45, 7) is 6.20. The number of rotatable bonds is 10. The van der Waals surface area contributed by atoms with Crippen LogP contribution in [0.1, 0.15) is 70.8 Å². The first-order chi connectivity index (χ1) is 11.1. The van der Waals surface area contributed by atoms with Crippen molar-refractivity contribution in [2.75, 3.05) is 10.6 Å². The molecule has 4 heteroatoms. The normalized spacial score (nSPS) is 10.4. The van der Waals surface area contributed by atoms with Crippen LogP contribution in [0, 0.1) is 6.92 Å². The van der Waals surface area contributed by atoms with Crippen molar-refractivity contribution in [3.8, 4) is 0 Å². The van der Waals surface area contributed by atoms with E-state index < -0.39 is 0 Å². The zero-order valence-electron chi connectivity index (χ0n) is 14.7. The van der Waals surface area contributed by atoms with Gasteiger partial charge in [-0.25, -0.2) is 0 Å². The first-order valence-corrected chi connectivity index (χ1v) is 8.77. The lowest BCUT2D eigenvalue weighted by molar-refractivity contribution is -0.117. The van der Waals surface area contributed by atoms with Crippen molar-refractivity contribution in [3.63, 3.8) is 0 Å². The van der Waals surface area contributed by atoms with Crippen LogP contribution in [0.25, 0.3) is 0 Å². The molecule has 0 aliphatic rings. The minimum atomic E-state index is 0.00350. The molecule has 1 rings (SSSR count). The molecule has 0 aromatic heterocycles. The summed E-state index contributed by atoms with van der Waals surface area (Å²) in [5, 5.41) is 5.84. The number of benzene rings is 1. The van der Waals surface area contributed by atoms with Crippen molar-refractivity contribution in [3.05, 3.63) is 23.8 Å². The molecule has 0 aliphatic heterocycles. The maximum atomic E-state index is 12.0. The second kappa shape index (κ2) is 10.8. The van der Waals surface area contributed by atoms with E-state index in [1.54, 1.807) is 0 Å². The van der Waals surface area contributed by atoms with E-state index in [4.69, 9.17) is 0 Å². The fourth-order valence-corrected chi connectivity index (χ4v) is 2.37. The Morgan fingerprint density at radius 1 is 0.826 bits per heavy atom. The molecule has 2 amide bonds. The molecular weight excluding hydrogens is 288 g/mol. The second-order valence-corrected chi connectivity index (χ2v) is 6.06. The lowest BCUT2D eigenvalue weighted by Crippen LogP contribution is -2.16. The van der Waals surface area contributed by atoms with E-state index in [9.17, 15) is 9.59 Å². The fraction of sp³-hybridized carbons (Fsp3) is 0.579. The third-order valence-corrected chi connectivity index (χ3v) is 3.74. The largest absolute Gasteiger partial charge is 0.324 e. The Balaban J connectivity index is 2.65. The van der Waals surface area contributed by atoms with Crippen molar-refractivity contribution in [2.45, 2.75) is 72.1 Å². The standard InChI is InChI=1S/C19H30N2O2/c1-4-6-8-10-18(22)20-16-13-12-15(3)14-17(16)21-19(23)11-9-7-5-2/h12-14H,4-11H2,1-3H3,(H,20,22)(H,21,23). The quantitative estimate of drug-likeness (QED) is 0.594. The summed E-state index contributed by atoms with van der Waals surface area (Å²) in [6.07, 6.45) is 7.13. The molecule has 0 saturated heterocycles. The van der Waals surface area contributed by atoms with Gasteiger partial charge in [0.15, 0.2) is 0 Å². The summed E-state index contributed by atoms with van der Waals surface area (Å²) in [7, 11) is 0. The van der Waals surface area contributed by atoms with Crippen LogP contribution in [0.5, 0.6) is 0 Å². The van der Waals surface area contributed by atoms with E-state index in [1.165, 1.54) is 0 Å². The molecule has 0 radical (unpaired) electrons. The highest BCUT2D eigenvalue weighted by molar-refractivity contribution is 5.99. The summed E-state index contributed by atoms with van der Waals surface area (Å²) >= 11 is 0. The Hall–Kier alpha value is -1.84. The molecule has 23 heavy (non-hydrogen) atoms. The van der Waals surface area contributed by atoms with Gasteiger partial charge in [-0.05, 0) is 37.5 Å². The number of anilines is 2. The third kappa shape index (κ3) is 7.82. The van der Waals surface area contributed by atoms with Gasteiger partial charge in [0.2, 0.25) is 11.8 Å². The van der Waals surface area contributed by atoms with E-state index in [2.05, 4.69) is 24.5 Å². The molecule has 0 unspecified atom stereocenters. The fourth-order valence-electron chi connectivity index (χ4n) is 2.37. The zero-order valence-corrected chi connectivity index (χ0v) is 14.7. The van der Waals surface area contributed by atoms with Crippen molar-refractivity contribution >= 4 is 23.2 Å². The second-order valence-electron chi connectivity index (χ2n) is 6.06. The Bertz CT molecular complexity index is 512. The minimum absolute atomic E-state index is 0.00350. The van der Waals surface area contributed by atoms with Gasteiger partial charge >= 0.3 is 0 Å². The van der Waals surface area contributed by atoms with Crippen molar-refractivity contribution in [2.24, 2.45) is 0 Å². The monoisotopic (exact) mass is 318 g/mol. The molecule has 0 fully saturated rings. The highest BCUT2D eigenvalue weighted by Gasteiger charge is 2.10. The number of nitrogens with one attached hydrogen (secondary N) is 2. The summed E-state index contributed by atoms with van der Waals surface area (Å²) in [6, 6.07) is 5.70. The molecule has 1 aromatic carbocycles. The summed E-state index contributed by atoms with van der Waals surface area (Å²) in [5.74, 6) is 0.00863. The first kappa shape index (κ1) is 19.2. The number of unbranched alkanes of at least 4 members (excludes halogenated alkanes) is 4. The molecule has 4 nitrogen and oxygen atoms in total. The van der Waals surface area contributed by atoms with Crippen molar-refractivity contribution in [1.29, 1.82) is 0 Å². The van der Waals surface area contributed by atoms with E-state index in [0.29, 0.717) is 24.2 Å². The minimum Gasteiger partial charge on any atom is -0.324 e. The molecule has 0 atom stereocenters. The summed E-state index contributed by atoms with van der Waals surface area (Å²) < 4.78 is 0. The van der Waals surface area contributed by atoms with Gasteiger partial charge in [-0.2, -0.15) is 0 Å². The van der Waals surface area contributed by atoms with Gasteiger partial charge in [-0.1, -0.05) is 45.6 Å². The van der Waals surface area contributed by atoms with Gasteiger partial charge < -0.3 is 10.6 Å². The van der Waals surface area contributed by atoms with Gasteiger partial charge in [-0.3, -0.25) is 9.59 Å². The van der Waals surface area contributed by atoms with Crippen LogP contribution in [0.3, 0.4) is 0 Å². The highest BCUT2D eigenvalue weighted by Crippen LogP contribution is 2.24. The van der Waals surface area contributed by atoms with Crippen LogP contribution in [0.4, 0.5) is 11.4 Å². The smallest absolute Gasteiger partial charge is 0.224 e. The Kier molecular flexibility index (Phi) is 9.03. The predicted octanol–water partition coefficient (Wildman–Crippen LogP) is 5.03. The maximum Gasteiger partial charge on any atom is 0.224 e. The lowest BCUT2D eigenvalue weighted by Gasteiger charge is -2.13. The number of aryl methyl sites for hydroxylation is 1. The average Bonchev–Trinajstić information content (AvgIpc) is 2.50. The van der Waals surface area contributed by atoms with Crippen LogP contribution in [0.15, 0.2) is 18.2 Å². The van der Waals surface area contributed by atoms with Gasteiger partial charge in [-0.15, -0.1) is 0 Å². The number of carbonyl (C=O) groups excluding carboxylic acids is 2. The van der Waals surface area contributed by atoms with Crippen molar-refractivity contribution < 1.29 is 9.59 Å². The van der Waals surface area contributed by atoms with E-state index in [-0.39, 0.29) is 11.8 Å². The Labute approximate surface area is 140 Å². The van der Waals surface area contributed by atoms with Gasteiger partial charge in [0.05, 0.1) is 11.4 Å². The molecule has 1 aromatic rings. The predicted molar refractivity (Wildman–Crippen MR) is 96.7 cm³/mol. The maximum absolute atomic E-state index is 12.0. The molecule has 0 spiro atoms. The molecule has 0 bridgehead atoms. The molecule has 2 N–H and O–H groups in total. The molecule has 128 valence electrons. The molecular formula is C19H30N2O2. The molecule has 0 saturated carbocycles. The van der Waals surface area contributed by atoms with Crippen LogP contribution in [0.2, 0.25) is 0 Å². The number of hydrogen-bond donors (Lipinski definition) is 2. The average molecular weight is 318 g/mol. The Morgan fingerprint density at radius 3 is 1.87 bits per heavy atom. The van der Waals surface area contributed by atoms with Crippen LogP contribution in [-0.4, -0.2) is 11.8 Å².